The first-order valence-corrected chi connectivity index (χ1v) is 10.1. The van der Waals surface area contributed by atoms with Gasteiger partial charge in [0.2, 0.25) is 0 Å². The molecule has 3 N–H and O–H groups in total. The molecule has 29 heavy (non-hydrogen) atoms. The van der Waals surface area contributed by atoms with Crippen LogP contribution >= 0.6 is 22.9 Å². The number of hydrogen-bond acceptors (Lipinski definition) is 4. The third kappa shape index (κ3) is 5.32. The molecule has 0 aliphatic heterocycles. The number of nitrogens with one attached hydrogen (secondary N) is 2. The van der Waals surface area contributed by atoms with E-state index in [0.717, 1.165) is 16.0 Å². The van der Waals surface area contributed by atoms with Crippen molar-refractivity contribution in [1.29, 1.82) is 0 Å². The Balaban J connectivity index is 1.81. The van der Waals surface area contributed by atoms with Crippen LogP contribution in [0.15, 0.2) is 60.0 Å². The summed E-state index contributed by atoms with van der Waals surface area (Å²) in [7, 11) is 0. The Labute approximate surface area is 177 Å². The van der Waals surface area contributed by atoms with Crippen molar-refractivity contribution < 1.29 is 14.8 Å². The van der Waals surface area contributed by atoms with Crippen molar-refractivity contribution in [2.24, 2.45) is 0 Å². The Morgan fingerprint density at radius 2 is 1.86 bits per heavy atom. The summed E-state index contributed by atoms with van der Waals surface area (Å²) in [6.45, 7) is 2.29. The molecule has 2 aromatic carbocycles. The maximum Gasteiger partial charge on any atom is 0.274 e. The Hall–Kier alpha value is -2.93. The van der Waals surface area contributed by atoms with Gasteiger partial charge < -0.3 is 5.32 Å². The first kappa shape index (κ1) is 20.8. The Bertz CT molecular complexity index is 1060. The predicted octanol–water partition coefficient (Wildman–Crippen LogP) is 4.69. The third-order valence-electron chi connectivity index (χ3n) is 4.22. The molecule has 0 atom stereocenters. The second-order valence-corrected chi connectivity index (χ2v) is 7.73. The molecule has 0 bridgehead atoms. The van der Waals surface area contributed by atoms with Crippen LogP contribution in [0.25, 0.3) is 11.6 Å². The van der Waals surface area contributed by atoms with Crippen LogP contribution < -0.4 is 10.8 Å². The standard InChI is InChI=1S/C22H19ClN2O3S/c1-14-10-17(29-13-14)11-19(18-4-2-3-5-20(18)23)22(27)24-12-15-6-8-16(9-7-15)21(26)25-28/h2-11,13,28H,12H2,1H3,(H,24,27)(H,25,26). The normalized spacial score (nSPS) is 11.2. The number of halogens is 1. The number of amides is 2. The first-order valence-electron chi connectivity index (χ1n) is 8.81. The number of carbonyl (C=O) groups is 2. The summed E-state index contributed by atoms with van der Waals surface area (Å²) in [6, 6.07) is 15.8. The molecular formula is C22H19ClN2O3S. The number of hydroxylamine groups is 1. The Morgan fingerprint density at radius 1 is 1.14 bits per heavy atom. The zero-order valence-electron chi connectivity index (χ0n) is 15.6. The largest absolute Gasteiger partial charge is 0.348 e. The van der Waals surface area contributed by atoms with E-state index in [1.165, 1.54) is 0 Å². The highest BCUT2D eigenvalue weighted by molar-refractivity contribution is 7.11. The average molecular weight is 427 g/mol. The van der Waals surface area contributed by atoms with E-state index in [1.54, 1.807) is 47.1 Å². The second kappa shape index (κ2) is 9.52. The van der Waals surface area contributed by atoms with Crippen molar-refractivity contribution in [3.05, 3.63) is 92.1 Å². The number of aryl methyl sites for hydroxylation is 1. The van der Waals surface area contributed by atoms with Crippen molar-refractivity contribution >= 4 is 46.4 Å². The van der Waals surface area contributed by atoms with E-state index in [1.807, 2.05) is 42.6 Å². The van der Waals surface area contributed by atoms with Crippen molar-refractivity contribution in [2.75, 3.05) is 0 Å². The molecule has 0 saturated heterocycles. The van der Waals surface area contributed by atoms with Crippen LogP contribution in [0.4, 0.5) is 0 Å². The number of rotatable bonds is 6. The van der Waals surface area contributed by atoms with Gasteiger partial charge in [0.1, 0.15) is 0 Å². The summed E-state index contributed by atoms with van der Waals surface area (Å²) in [5.74, 6) is -0.836. The molecular weight excluding hydrogens is 408 g/mol. The van der Waals surface area contributed by atoms with Crippen LogP contribution in [-0.4, -0.2) is 17.0 Å². The van der Waals surface area contributed by atoms with Gasteiger partial charge >= 0.3 is 0 Å². The van der Waals surface area contributed by atoms with Crippen molar-refractivity contribution in [1.82, 2.24) is 10.8 Å². The highest BCUT2D eigenvalue weighted by Gasteiger charge is 2.15. The lowest BCUT2D eigenvalue weighted by atomic mass is 10.0. The lowest BCUT2D eigenvalue weighted by Crippen LogP contribution is -2.24. The van der Waals surface area contributed by atoms with Crippen LogP contribution in [0.2, 0.25) is 5.02 Å². The van der Waals surface area contributed by atoms with Gasteiger partial charge in [-0.3, -0.25) is 14.8 Å². The van der Waals surface area contributed by atoms with Gasteiger partial charge in [-0.2, -0.15) is 0 Å². The topological polar surface area (TPSA) is 78.4 Å². The van der Waals surface area contributed by atoms with E-state index >= 15 is 0 Å². The minimum Gasteiger partial charge on any atom is -0.348 e. The van der Waals surface area contributed by atoms with Gasteiger partial charge in [-0.25, -0.2) is 5.48 Å². The van der Waals surface area contributed by atoms with Crippen LogP contribution in [0.5, 0.6) is 0 Å². The lowest BCUT2D eigenvalue weighted by Gasteiger charge is -2.11. The summed E-state index contributed by atoms with van der Waals surface area (Å²) in [5, 5.41) is 14.1. The molecule has 148 valence electrons. The fourth-order valence-corrected chi connectivity index (χ4v) is 3.80. The smallest absolute Gasteiger partial charge is 0.274 e. The molecule has 5 nitrogen and oxygen atoms in total. The van der Waals surface area contributed by atoms with E-state index in [9.17, 15) is 9.59 Å². The van der Waals surface area contributed by atoms with E-state index in [4.69, 9.17) is 16.8 Å². The molecule has 0 saturated carbocycles. The second-order valence-electron chi connectivity index (χ2n) is 6.38. The fourth-order valence-electron chi connectivity index (χ4n) is 2.73. The molecule has 2 amide bonds. The van der Waals surface area contributed by atoms with Gasteiger partial charge in [-0.05, 0) is 53.8 Å². The monoisotopic (exact) mass is 426 g/mol. The van der Waals surface area contributed by atoms with Crippen LogP contribution in [0.3, 0.4) is 0 Å². The van der Waals surface area contributed by atoms with Crippen LogP contribution in [0, 0.1) is 6.92 Å². The minimum atomic E-state index is -0.587. The van der Waals surface area contributed by atoms with E-state index < -0.39 is 5.91 Å². The Kier molecular flexibility index (Phi) is 6.82. The quantitative estimate of drug-likeness (QED) is 0.304. The van der Waals surface area contributed by atoms with E-state index in [0.29, 0.717) is 21.7 Å². The van der Waals surface area contributed by atoms with E-state index in [2.05, 4.69) is 5.32 Å². The molecule has 0 radical (unpaired) electrons. The first-order chi connectivity index (χ1) is 14.0. The summed E-state index contributed by atoms with van der Waals surface area (Å²) in [6.07, 6.45) is 1.84. The van der Waals surface area contributed by atoms with Crippen LogP contribution in [0.1, 0.15) is 31.9 Å². The summed E-state index contributed by atoms with van der Waals surface area (Å²) in [5.41, 5.74) is 5.00. The van der Waals surface area contributed by atoms with E-state index in [-0.39, 0.29) is 12.5 Å². The molecule has 7 heteroatoms. The molecule has 1 heterocycles. The van der Waals surface area contributed by atoms with Crippen molar-refractivity contribution in [3.63, 3.8) is 0 Å². The average Bonchev–Trinajstić information content (AvgIpc) is 3.15. The third-order valence-corrected chi connectivity index (χ3v) is 5.54. The highest BCUT2D eigenvalue weighted by Crippen LogP contribution is 2.28. The van der Waals surface area contributed by atoms with Gasteiger partial charge in [-0.1, -0.05) is 41.9 Å². The molecule has 0 unspecified atom stereocenters. The molecule has 0 aliphatic rings. The maximum atomic E-state index is 13.0. The lowest BCUT2D eigenvalue weighted by molar-refractivity contribution is -0.115. The molecule has 1 aromatic heterocycles. The highest BCUT2D eigenvalue weighted by atomic mass is 35.5. The van der Waals surface area contributed by atoms with Crippen LogP contribution in [-0.2, 0) is 11.3 Å². The number of carbonyl (C=O) groups excluding carboxylic acids is 2. The van der Waals surface area contributed by atoms with Gasteiger partial charge in [-0.15, -0.1) is 11.3 Å². The number of thiophene rings is 1. The summed E-state index contributed by atoms with van der Waals surface area (Å²) in [4.78, 5) is 25.3. The maximum absolute atomic E-state index is 13.0. The summed E-state index contributed by atoms with van der Waals surface area (Å²) >= 11 is 7.90. The Morgan fingerprint density at radius 3 is 2.48 bits per heavy atom. The van der Waals surface area contributed by atoms with Gasteiger partial charge in [0, 0.05) is 33.1 Å². The van der Waals surface area contributed by atoms with Crippen molar-refractivity contribution in [3.8, 4) is 0 Å². The SMILES string of the molecule is Cc1csc(C=C(C(=O)NCc2ccc(C(=O)NO)cc2)c2ccccc2Cl)c1. The molecule has 3 rings (SSSR count). The van der Waals surface area contributed by atoms with Crippen molar-refractivity contribution in [2.45, 2.75) is 13.5 Å². The minimum absolute atomic E-state index is 0.249. The zero-order valence-corrected chi connectivity index (χ0v) is 17.2. The molecule has 0 aliphatic carbocycles. The number of benzene rings is 2. The molecule has 3 aromatic rings. The number of hydrogen-bond donors (Lipinski definition) is 3. The zero-order chi connectivity index (χ0) is 20.8. The van der Waals surface area contributed by atoms with Gasteiger partial charge in [0.05, 0.1) is 0 Å². The molecule has 0 spiro atoms. The fraction of sp³-hybridized carbons (Fsp3) is 0.0909. The summed E-state index contributed by atoms with van der Waals surface area (Å²) < 4.78 is 0. The molecule has 0 fully saturated rings. The van der Waals surface area contributed by atoms with Gasteiger partial charge in [0.15, 0.2) is 0 Å². The van der Waals surface area contributed by atoms with Gasteiger partial charge in [0.25, 0.3) is 11.8 Å². The predicted molar refractivity (Wildman–Crippen MR) is 116 cm³/mol.